The topological polar surface area (TPSA) is 45.2 Å². The molecule has 1 N–H and O–H groups in total. The number of nitrogens with zero attached hydrogens (tertiary/aromatic N) is 2. The van der Waals surface area contributed by atoms with Crippen LogP contribution >= 0.6 is 11.6 Å². The maximum atomic E-state index is 12.1. The van der Waals surface area contributed by atoms with Crippen molar-refractivity contribution in [3.63, 3.8) is 0 Å². The van der Waals surface area contributed by atoms with Crippen LogP contribution in [0.3, 0.4) is 0 Å². The molecule has 0 saturated heterocycles. The van der Waals surface area contributed by atoms with E-state index in [4.69, 9.17) is 11.6 Å². The number of amides is 1. The Balaban J connectivity index is 1.55. The first kappa shape index (κ1) is 16.0. The maximum absolute atomic E-state index is 12.1. The first-order valence-electron chi connectivity index (χ1n) is 7.84. The lowest BCUT2D eigenvalue weighted by Gasteiger charge is -2.33. The summed E-state index contributed by atoms with van der Waals surface area (Å²) in [6.07, 6.45) is 2.56. The number of fused-ring (bicyclic) bond motifs is 1. The monoisotopic (exact) mass is 329 g/mol. The molecule has 5 heteroatoms. The molecule has 3 rings (SSSR count). The highest BCUT2D eigenvalue weighted by Crippen LogP contribution is 2.20. The zero-order valence-corrected chi connectivity index (χ0v) is 13.9. The van der Waals surface area contributed by atoms with Crippen LogP contribution in [0.5, 0.6) is 0 Å². The fourth-order valence-corrected chi connectivity index (χ4v) is 2.99. The normalized spacial score (nSPS) is 15.7. The van der Waals surface area contributed by atoms with Crippen LogP contribution < -0.4 is 5.32 Å². The second-order valence-electron chi connectivity index (χ2n) is 5.92. The Morgan fingerprint density at radius 1 is 1.30 bits per heavy atom. The second kappa shape index (κ2) is 7.11. The maximum Gasteiger partial charge on any atom is 0.252 e. The van der Waals surface area contributed by atoms with Gasteiger partial charge in [0.15, 0.2) is 0 Å². The van der Waals surface area contributed by atoms with Gasteiger partial charge in [-0.15, -0.1) is 0 Å². The van der Waals surface area contributed by atoms with Gasteiger partial charge in [0.1, 0.15) is 5.15 Å². The number of hydrogen-bond donors (Lipinski definition) is 1. The van der Waals surface area contributed by atoms with Gasteiger partial charge in [-0.1, -0.05) is 35.9 Å². The molecule has 1 aromatic heterocycles. The Kier molecular flexibility index (Phi) is 4.94. The third-order valence-electron chi connectivity index (χ3n) is 4.33. The molecule has 0 aliphatic carbocycles. The highest BCUT2D eigenvalue weighted by Gasteiger charge is 2.20. The molecule has 0 saturated carbocycles. The summed E-state index contributed by atoms with van der Waals surface area (Å²) in [7, 11) is 0. The van der Waals surface area contributed by atoms with E-state index >= 15 is 0 Å². The van der Waals surface area contributed by atoms with Crippen LogP contribution in [0.4, 0.5) is 0 Å². The van der Waals surface area contributed by atoms with Crippen molar-refractivity contribution in [2.45, 2.75) is 25.9 Å². The highest BCUT2D eigenvalue weighted by atomic mass is 35.5. The number of hydrogen-bond acceptors (Lipinski definition) is 3. The minimum Gasteiger partial charge on any atom is -0.350 e. The van der Waals surface area contributed by atoms with Crippen molar-refractivity contribution < 1.29 is 4.79 Å². The Hall–Kier alpha value is -1.91. The molecule has 0 fully saturated rings. The first-order valence-corrected chi connectivity index (χ1v) is 8.22. The van der Waals surface area contributed by atoms with E-state index in [1.54, 1.807) is 12.1 Å². The lowest BCUT2D eigenvalue weighted by molar-refractivity contribution is 0.0932. The molecule has 23 heavy (non-hydrogen) atoms. The van der Waals surface area contributed by atoms with Gasteiger partial charge in [-0.2, -0.15) is 0 Å². The third-order valence-corrected chi connectivity index (χ3v) is 4.55. The molecule has 0 radical (unpaired) electrons. The molecule has 2 heterocycles. The van der Waals surface area contributed by atoms with Gasteiger partial charge in [-0.25, -0.2) is 4.98 Å². The van der Waals surface area contributed by atoms with Crippen LogP contribution in [0.2, 0.25) is 5.15 Å². The zero-order valence-electron chi connectivity index (χ0n) is 13.1. The van der Waals surface area contributed by atoms with Crippen LogP contribution in [0.15, 0.2) is 42.6 Å². The van der Waals surface area contributed by atoms with E-state index < -0.39 is 0 Å². The first-order chi connectivity index (χ1) is 11.1. The van der Waals surface area contributed by atoms with E-state index in [2.05, 4.69) is 46.4 Å². The Morgan fingerprint density at radius 3 is 2.83 bits per heavy atom. The van der Waals surface area contributed by atoms with Crippen LogP contribution in [0.25, 0.3) is 0 Å². The van der Waals surface area contributed by atoms with Gasteiger partial charge in [0, 0.05) is 31.9 Å². The fourth-order valence-electron chi connectivity index (χ4n) is 2.88. The lowest BCUT2D eigenvalue weighted by atomic mass is 9.99. The minimum absolute atomic E-state index is 0.113. The van der Waals surface area contributed by atoms with E-state index in [0.29, 0.717) is 17.3 Å². The van der Waals surface area contributed by atoms with Gasteiger partial charge >= 0.3 is 0 Å². The van der Waals surface area contributed by atoms with E-state index in [1.807, 2.05) is 0 Å². The van der Waals surface area contributed by atoms with Crippen LogP contribution in [0.1, 0.15) is 28.4 Å². The smallest absolute Gasteiger partial charge is 0.252 e. The average molecular weight is 330 g/mol. The molecule has 4 nitrogen and oxygen atoms in total. The lowest BCUT2D eigenvalue weighted by Crippen LogP contribution is -2.44. The number of nitrogens with one attached hydrogen (secondary N) is 1. The summed E-state index contributed by atoms with van der Waals surface area (Å²) in [4.78, 5) is 18.5. The summed E-state index contributed by atoms with van der Waals surface area (Å²) < 4.78 is 0. The van der Waals surface area contributed by atoms with Gasteiger partial charge in [-0.3, -0.25) is 9.69 Å². The molecule has 1 atom stereocenters. The fraction of sp³-hybridized carbons (Fsp3) is 0.333. The zero-order chi connectivity index (χ0) is 16.2. The summed E-state index contributed by atoms with van der Waals surface area (Å²) in [6.45, 7) is 4.73. The van der Waals surface area contributed by atoms with Gasteiger partial charge in [-0.05, 0) is 36.6 Å². The van der Waals surface area contributed by atoms with Crippen molar-refractivity contribution in [1.29, 1.82) is 0 Å². The summed E-state index contributed by atoms with van der Waals surface area (Å²) in [5.74, 6) is -0.113. The molecule has 1 aromatic carbocycles. The summed E-state index contributed by atoms with van der Waals surface area (Å²) in [5.41, 5.74) is 3.36. The van der Waals surface area contributed by atoms with Crippen LogP contribution in [-0.2, 0) is 13.0 Å². The molecule has 1 amide bonds. The molecule has 120 valence electrons. The SMILES string of the molecule is CC(CNC(=O)c1ccc(Cl)nc1)N1CCc2ccccc2C1. The highest BCUT2D eigenvalue weighted by molar-refractivity contribution is 6.29. The van der Waals surface area contributed by atoms with Crippen molar-refractivity contribution in [2.24, 2.45) is 0 Å². The predicted molar refractivity (Wildman–Crippen MR) is 91.6 cm³/mol. The number of aromatic nitrogens is 1. The summed E-state index contributed by atoms with van der Waals surface area (Å²) in [6, 6.07) is 12.2. The molecular weight excluding hydrogens is 310 g/mol. The Bertz CT molecular complexity index is 687. The Morgan fingerprint density at radius 2 is 2.09 bits per heavy atom. The molecular formula is C18H20ClN3O. The molecule has 1 unspecified atom stereocenters. The van der Waals surface area contributed by atoms with Crippen molar-refractivity contribution in [3.05, 3.63) is 64.4 Å². The van der Waals surface area contributed by atoms with Crippen molar-refractivity contribution in [1.82, 2.24) is 15.2 Å². The number of halogens is 1. The number of benzene rings is 1. The molecule has 0 bridgehead atoms. The molecule has 0 spiro atoms. The van der Waals surface area contributed by atoms with Crippen molar-refractivity contribution in [2.75, 3.05) is 13.1 Å². The van der Waals surface area contributed by atoms with E-state index in [9.17, 15) is 4.79 Å². The van der Waals surface area contributed by atoms with Gasteiger partial charge in [0.2, 0.25) is 0 Å². The number of pyridine rings is 1. The van der Waals surface area contributed by atoms with E-state index in [0.717, 1.165) is 19.5 Å². The minimum atomic E-state index is -0.113. The van der Waals surface area contributed by atoms with Crippen molar-refractivity contribution in [3.8, 4) is 0 Å². The van der Waals surface area contributed by atoms with E-state index in [1.165, 1.54) is 17.3 Å². The van der Waals surface area contributed by atoms with E-state index in [-0.39, 0.29) is 11.9 Å². The third kappa shape index (κ3) is 3.89. The van der Waals surface area contributed by atoms with Gasteiger partial charge < -0.3 is 5.32 Å². The number of rotatable bonds is 4. The summed E-state index contributed by atoms with van der Waals surface area (Å²) >= 11 is 5.74. The van der Waals surface area contributed by atoms with Crippen LogP contribution in [-0.4, -0.2) is 34.9 Å². The number of carbonyl (C=O) groups is 1. The molecule has 2 aromatic rings. The summed E-state index contributed by atoms with van der Waals surface area (Å²) in [5, 5.41) is 3.37. The molecule has 1 aliphatic heterocycles. The largest absolute Gasteiger partial charge is 0.350 e. The number of carbonyl (C=O) groups excluding carboxylic acids is 1. The second-order valence-corrected chi connectivity index (χ2v) is 6.31. The Labute approximate surface area is 141 Å². The van der Waals surface area contributed by atoms with Gasteiger partial charge in [0.05, 0.1) is 5.56 Å². The quantitative estimate of drug-likeness (QED) is 0.877. The van der Waals surface area contributed by atoms with Gasteiger partial charge in [0.25, 0.3) is 5.91 Å². The molecule has 1 aliphatic rings. The average Bonchev–Trinajstić information content (AvgIpc) is 2.59. The standard InChI is InChI=1S/C18H20ClN3O/c1-13(10-21-18(23)15-6-7-17(19)20-11-15)22-9-8-14-4-2-3-5-16(14)12-22/h2-7,11,13H,8-10,12H2,1H3,(H,21,23). The van der Waals surface area contributed by atoms with Crippen molar-refractivity contribution >= 4 is 17.5 Å². The van der Waals surface area contributed by atoms with Crippen LogP contribution in [0, 0.1) is 0 Å². The predicted octanol–water partition coefficient (Wildman–Crippen LogP) is 2.91.